The third-order valence-electron chi connectivity index (χ3n) is 5.41. The number of carbonyl (C=O) groups excluding carboxylic acids is 3. The molecule has 2 atom stereocenters. The van der Waals surface area contributed by atoms with Gasteiger partial charge in [0.2, 0.25) is 5.91 Å². The van der Waals surface area contributed by atoms with E-state index in [-0.39, 0.29) is 54.6 Å². The van der Waals surface area contributed by atoms with Gasteiger partial charge in [0.25, 0.3) is 0 Å². The monoisotopic (exact) mass is 460 g/mol. The number of nitrogens with one attached hydrogen (secondary N) is 1. The molecule has 0 spiro atoms. The van der Waals surface area contributed by atoms with E-state index in [1.807, 2.05) is 0 Å². The van der Waals surface area contributed by atoms with Crippen LogP contribution in [0.15, 0.2) is 36.4 Å². The lowest BCUT2D eigenvalue weighted by molar-refractivity contribution is -0.119. The number of halogens is 2. The summed E-state index contributed by atoms with van der Waals surface area (Å²) in [6.45, 7) is 1.98. The number of hydrogen-bond donors (Lipinski definition) is 2. The van der Waals surface area contributed by atoms with E-state index in [1.54, 1.807) is 0 Å². The molecule has 3 amide bonds. The maximum Gasteiger partial charge on any atom is 0.414 e. The lowest BCUT2D eigenvalue weighted by Gasteiger charge is -2.16. The molecule has 0 unspecified atom stereocenters. The maximum atomic E-state index is 14.9. The number of rotatable bonds is 6. The standard InChI is InChI=1S/C22H22F2N4O5/c1-12(29)26-9-16-11-28(22(31)33-16)14-3-5-18(20(24)7-14)17-4-2-13(6-19(17)23)27-10-15(8-25)32-21(27)30/h2-7,15-16H,8-11,25H2,1H3,(H,26,29)/t15-,16-/m0/s1. The molecule has 0 saturated carbocycles. The SMILES string of the molecule is CC(=O)NC[C@H]1CN(c2ccc(-c3ccc(N4C[C@H](CN)OC4=O)cc3F)c(F)c2)C(=O)O1. The van der Waals surface area contributed by atoms with Gasteiger partial charge in [-0.2, -0.15) is 0 Å². The smallest absolute Gasteiger partial charge is 0.414 e. The first-order valence-corrected chi connectivity index (χ1v) is 10.3. The van der Waals surface area contributed by atoms with Crippen molar-refractivity contribution in [1.82, 2.24) is 5.32 Å². The third kappa shape index (κ3) is 4.58. The van der Waals surface area contributed by atoms with Gasteiger partial charge in [-0.15, -0.1) is 0 Å². The molecule has 2 aliphatic rings. The highest BCUT2D eigenvalue weighted by molar-refractivity contribution is 5.91. The highest BCUT2D eigenvalue weighted by atomic mass is 19.1. The topological polar surface area (TPSA) is 114 Å². The van der Waals surface area contributed by atoms with E-state index < -0.39 is 36.0 Å². The van der Waals surface area contributed by atoms with Crippen LogP contribution in [0.25, 0.3) is 11.1 Å². The summed E-state index contributed by atoms with van der Waals surface area (Å²) in [7, 11) is 0. The molecule has 174 valence electrons. The summed E-state index contributed by atoms with van der Waals surface area (Å²) in [4.78, 5) is 37.6. The lowest BCUT2D eigenvalue weighted by Crippen LogP contribution is -2.33. The Hall–Kier alpha value is -3.73. The molecule has 4 rings (SSSR count). The Morgan fingerprint density at radius 2 is 1.45 bits per heavy atom. The van der Waals surface area contributed by atoms with Crippen molar-refractivity contribution in [1.29, 1.82) is 0 Å². The zero-order chi connectivity index (χ0) is 23.7. The van der Waals surface area contributed by atoms with Crippen molar-refractivity contribution in [2.24, 2.45) is 5.73 Å². The van der Waals surface area contributed by atoms with Crippen molar-refractivity contribution >= 4 is 29.5 Å². The van der Waals surface area contributed by atoms with E-state index in [0.29, 0.717) is 0 Å². The van der Waals surface area contributed by atoms with Gasteiger partial charge in [-0.25, -0.2) is 18.4 Å². The van der Waals surface area contributed by atoms with Crippen molar-refractivity contribution in [3.8, 4) is 11.1 Å². The fourth-order valence-electron chi connectivity index (χ4n) is 3.73. The van der Waals surface area contributed by atoms with E-state index in [1.165, 1.54) is 41.0 Å². The second-order valence-electron chi connectivity index (χ2n) is 7.73. The molecule has 3 N–H and O–H groups in total. The Bertz CT molecular complexity index is 1110. The normalized spacial score (nSPS) is 20.1. The number of nitrogens with two attached hydrogens (primary N) is 1. The van der Waals surface area contributed by atoms with Crippen LogP contribution in [0.2, 0.25) is 0 Å². The van der Waals surface area contributed by atoms with Crippen LogP contribution >= 0.6 is 0 Å². The quantitative estimate of drug-likeness (QED) is 0.684. The molecular formula is C22H22F2N4O5. The average molecular weight is 460 g/mol. The van der Waals surface area contributed by atoms with Crippen LogP contribution < -0.4 is 20.9 Å². The number of anilines is 2. The van der Waals surface area contributed by atoms with Crippen molar-refractivity contribution < 1.29 is 32.6 Å². The Morgan fingerprint density at radius 3 is 1.88 bits per heavy atom. The minimum atomic E-state index is -0.735. The molecule has 11 heteroatoms. The van der Waals surface area contributed by atoms with Gasteiger partial charge < -0.3 is 20.5 Å². The molecule has 2 fully saturated rings. The maximum absolute atomic E-state index is 14.9. The highest BCUT2D eigenvalue weighted by Gasteiger charge is 2.33. The van der Waals surface area contributed by atoms with Gasteiger partial charge in [-0.3, -0.25) is 14.6 Å². The van der Waals surface area contributed by atoms with E-state index >= 15 is 0 Å². The van der Waals surface area contributed by atoms with Crippen LogP contribution in [0.5, 0.6) is 0 Å². The number of nitrogens with zero attached hydrogens (tertiary/aromatic N) is 2. The summed E-state index contributed by atoms with van der Waals surface area (Å²) < 4.78 is 40.0. The summed E-state index contributed by atoms with van der Waals surface area (Å²) in [6.07, 6.45) is -2.32. The summed E-state index contributed by atoms with van der Waals surface area (Å²) >= 11 is 0. The molecule has 2 aromatic rings. The molecule has 2 heterocycles. The minimum Gasteiger partial charge on any atom is -0.443 e. The molecule has 0 radical (unpaired) electrons. The molecule has 2 aliphatic heterocycles. The average Bonchev–Trinajstić information content (AvgIpc) is 3.34. The molecule has 33 heavy (non-hydrogen) atoms. The number of carbonyl (C=O) groups is 3. The zero-order valence-corrected chi connectivity index (χ0v) is 17.7. The van der Waals surface area contributed by atoms with Crippen molar-refractivity contribution in [2.45, 2.75) is 19.1 Å². The fraction of sp³-hybridized carbons (Fsp3) is 0.318. The predicted molar refractivity (Wildman–Crippen MR) is 115 cm³/mol. The van der Waals surface area contributed by atoms with Crippen molar-refractivity contribution in [3.63, 3.8) is 0 Å². The summed E-state index contributed by atoms with van der Waals surface area (Å²) in [5.74, 6) is -1.71. The Morgan fingerprint density at radius 1 is 0.970 bits per heavy atom. The first kappa shape index (κ1) is 22.5. The molecule has 0 bridgehead atoms. The summed E-state index contributed by atoms with van der Waals surface area (Å²) in [5, 5.41) is 2.56. The minimum absolute atomic E-state index is 0.00160. The van der Waals surface area contributed by atoms with Crippen LogP contribution in [0.1, 0.15) is 6.92 Å². The lowest BCUT2D eigenvalue weighted by atomic mass is 10.0. The van der Waals surface area contributed by atoms with Crippen LogP contribution in [0.4, 0.5) is 29.7 Å². The van der Waals surface area contributed by atoms with Gasteiger partial charge in [-0.1, -0.05) is 0 Å². The number of benzene rings is 2. The molecule has 9 nitrogen and oxygen atoms in total. The molecule has 0 aromatic heterocycles. The molecule has 2 aromatic carbocycles. The molecule has 2 saturated heterocycles. The first-order valence-electron chi connectivity index (χ1n) is 10.3. The van der Waals surface area contributed by atoms with E-state index in [9.17, 15) is 23.2 Å². The second kappa shape index (κ2) is 9.02. The van der Waals surface area contributed by atoms with E-state index in [0.717, 1.165) is 12.1 Å². The van der Waals surface area contributed by atoms with Crippen molar-refractivity contribution in [3.05, 3.63) is 48.0 Å². The van der Waals surface area contributed by atoms with Gasteiger partial charge in [0.1, 0.15) is 23.8 Å². The van der Waals surface area contributed by atoms with Gasteiger partial charge in [-0.05, 0) is 36.4 Å². The van der Waals surface area contributed by atoms with Crippen molar-refractivity contribution in [2.75, 3.05) is 36.0 Å². The highest BCUT2D eigenvalue weighted by Crippen LogP contribution is 2.33. The summed E-state index contributed by atoms with van der Waals surface area (Å²) in [6, 6.07) is 7.97. The van der Waals surface area contributed by atoms with E-state index in [4.69, 9.17) is 15.2 Å². The number of ether oxygens (including phenoxy) is 2. The predicted octanol–water partition coefficient (Wildman–Crippen LogP) is 2.38. The Kier molecular flexibility index (Phi) is 6.14. The van der Waals surface area contributed by atoms with Gasteiger partial charge in [0.05, 0.1) is 31.0 Å². The summed E-state index contributed by atoms with van der Waals surface area (Å²) in [5.41, 5.74) is 6.03. The van der Waals surface area contributed by atoms with Gasteiger partial charge in [0, 0.05) is 24.6 Å². The van der Waals surface area contributed by atoms with Crippen LogP contribution in [0.3, 0.4) is 0 Å². The molecule has 0 aliphatic carbocycles. The van der Waals surface area contributed by atoms with Gasteiger partial charge >= 0.3 is 12.2 Å². The van der Waals surface area contributed by atoms with Crippen LogP contribution in [-0.4, -0.2) is 56.5 Å². The zero-order valence-electron chi connectivity index (χ0n) is 17.7. The van der Waals surface area contributed by atoms with Crippen LogP contribution in [0, 0.1) is 11.6 Å². The van der Waals surface area contributed by atoms with Gasteiger partial charge in [0.15, 0.2) is 0 Å². The Balaban J connectivity index is 1.52. The number of amides is 3. The number of cyclic esters (lactones) is 2. The Labute approximate surface area is 188 Å². The molecular weight excluding hydrogens is 438 g/mol. The first-order chi connectivity index (χ1) is 15.8. The largest absolute Gasteiger partial charge is 0.443 e. The third-order valence-corrected chi connectivity index (χ3v) is 5.41. The fourth-order valence-corrected chi connectivity index (χ4v) is 3.73. The number of hydrogen-bond acceptors (Lipinski definition) is 6. The second-order valence-corrected chi connectivity index (χ2v) is 7.73. The van der Waals surface area contributed by atoms with E-state index in [2.05, 4.69) is 5.32 Å². The van der Waals surface area contributed by atoms with Crippen LogP contribution in [-0.2, 0) is 14.3 Å².